The predicted molar refractivity (Wildman–Crippen MR) is 129 cm³/mol. The van der Waals surface area contributed by atoms with Crippen molar-refractivity contribution < 1.29 is 24.2 Å². The monoisotopic (exact) mass is 458 g/mol. The van der Waals surface area contributed by atoms with Crippen molar-refractivity contribution >= 4 is 23.7 Å². The minimum absolute atomic E-state index is 0.000963. The Balaban J connectivity index is 1.38. The van der Waals surface area contributed by atoms with Crippen LogP contribution in [0, 0.1) is 0 Å². The topological polar surface area (TPSA) is 105 Å². The highest BCUT2D eigenvalue weighted by atomic mass is 16.5. The highest BCUT2D eigenvalue weighted by molar-refractivity contribution is 6.02. The van der Waals surface area contributed by atoms with Crippen molar-refractivity contribution in [3.63, 3.8) is 0 Å². The van der Waals surface area contributed by atoms with Crippen LogP contribution in [0.3, 0.4) is 0 Å². The summed E-state index contributed by atoms with van der Waals surface area (Å²) >= 11 is 0. The summed E-state index contributed by atoms with van der Waals surface area (Å²) in [6, 6.07) is 20.0. The van der Waals surface area contributed by atoms with Gasteiger partial charge in [0, 0.05) is 5.92 Å². The quantitative estimate of drug-likeness (QED) is 0.471. The summed E-state index contributed by atoms with van der Waals surface area (Å²) in [5, 5.41) is 14.6. The molecule has 7 nitrogen and oxygen atoms in total. The molecule has 0 fully saturated rings. The fourth-order valence-corrected chi connectivity index (χ4v) is 4.22. The van der Waals surface area contributed by atoms with Gasteiger partial charge in [0.15, 0.2) is 0 Å². The zero-order valence-corrected chi connectivity index (χ0v) is 19.0. The number of carbonyl (C=O) groups excluding carboxylic acids is 2. The zero-order chi connectivity index (χ0) is 24.2. The number of amides is 2. The molecule has 0 saturated carbocycles. The molecular formula is C27H26N2O5. The number of carboxylic acid groups (broad SMARTS) is 1. The minimum Gasteiger partial charge on any atom is -0.478 e. The molecule has 174 valence electrons. The first-order chi connectivity index (χ1) is 16.4. The number of aromatic carboxylic acids is 1. The first-order valence-corrected chi connectivity index (χ1v) is 11.2. The Morgan fingerprint density at radius 3 is 2.18 bits per heavy atom. The second-order valence-electron chi connectivity index (χ2n) is 8.22. The number of carbonyl (C=O) groups is 3. The van der Waals surface area contributed by atoms with E-state index in [9.17, 15) is 19.5 Å². The van der Waals surface area contributed by atoms with Crippen molar-refractivity contribution in [1.82, 2.24) is 5.32 Å². The molecule has 3 aromatic carbocycles. The minimum atomic E-state index is -1.14. The first kappa shape index (κ1) is 23.0. The number of anilines is 1. The third-order valence-corrected chi connectivity index (χ3v) is 6.05. The lowest BCUT2D eigenvalue weighted by Gasteiger charge is -2.18. The average molecular weight is 459 g/mol. The van der Waals surface area contributed by atoms with Gasteiger partial charge in [-0.05, 0) is 53.3 Å². The zero-order valence-electron chi connectivity index (χ0n) is 19.0. The second-order valence-corrected chi connectivity index (χ2v) is 8.22. The van der Waals surface area contributed by atoms with Gasteiger partial charge < -0.3 is 20.5 Å². The lowest BCUT2D eigenvalue weighted by atomic mass is 9.98. The standard InChI is InChI=1S/C27H26N2O5/c1-3-17-12-13-24(22(14-17)26(31)32)29-25(30)16(2)28-27(33)34-15-23-20-10-6-4-8-18(20)19-9-5-7-11-21(19)23/h4-14,16,23H,3,15H2,1-2H3,(H,28,33)(H,29,30)(H,31,32)/t16-/m1/s1. The molecule has 3 aromatic rings. The maximum Gasteiger partial charge on any atom is 0.407 e. The van der Waals surface area contributed by atoms with Crippen LogP contribution in [0.15, 0.2) is 66.7 Å². The van der Waals surface area contributed by atoms with Gasteiger partial charge in [0.1, 0.15) is 12.6 Å². The molecule has 34 heavy (non-hydrogen) atoms. The normalized spacial score (nSPS) is 12.9. The van der Waals surface area contributed by atoms with Gasteiger partial charge in [0.2, 0.25) is 5.91 Å². The Bertz CT molecular complexity index is 1210. The van der Waals surface area contributed by atoms with Gasteiger partial charge in [-0.15, -0.1) is 0 Å². The van der Waals surface area contributed by atoms with Crippen molar-refractivity contribution in [3.8, 4) is 11.1 Å². The van der Waals surface area contributed by atoms with Gasteiger partial charge in [0.05, 0.1) is 11.3 Å². The number of rotatable bonds is 7. The van der Waals surface area contributed by atoms with Gasteiger partial charge in [0.25, 0.3) is 0 Å². The molecule has 0 radical (unpaired) electrons. The number of hydrogen-bond acceptors (Lipinski definition) is 4. The molecule has 1 aliphatic carbocycles. The van der Waals surface area contributed by atoms with Crippen LogP contribution in [-0.2, 0) is 16.0 Å². The summed E-state index contributed by atoms with van der Waals surface area (Å²) in [4.78, 5) is 36.6. The largest absolute Gasteiger partial charge is 0.478 e. The lowest BCUT2D eigenvalue weighted by Crippen LogP contribution is -2.42. The number of hydrogen-bond donors (Lipinski definition) is 3. The smallest absolute Gasteiger partial charge is 0.407 e. The highest BCUT2D eigenvalue weighted by Gasteiger charge is 2.29. The van der Waals surface area contributed by atoms with Crippen molar-refractivity contribution in [3.05, 3.63) is 89.0 Å². The van der Waals surface area contributed by atoms with Crippen LogP contribution in [0.1, 0.15) is 46.8 Å². The SMILES string of the molecule is CCc1ccc(NC(=O)[C@@H](C)NC(=O)OCC2c3ccccc3-c3ccccc32)c(C(=O)O)c1. The van der Waals surface area contributed by atoms with Gasteiger partial charge in [-0.1, -0.05) is 61.5 Å². The Labute approximate surface area is 197 Å². The van der Waals surface area contributed by atoms with Crippen molar-refractivity contribution in [2.75, 3.05) is 11.9 Å². The molecule has 3 N–H and O–H groups in total. The van der Waals surface area contributed by atoms with E-state index in [1.165, 1.54) is 13.0 Å². The summed E-state index contributed by atoms with van der Waals surface area (Å²) in [5.74, 6) is -1.76. The molecular weight excluding hydrogens is 432 g/mol. The molecule has 0 heterocycles. The van der Waals surface area contributed by atoms with E-state index in [1.54, 1.807) is 12.1 Å². The van der Waals surface area contributed by atoms with Crippen LogP contribution in [0.2, 0.25) is 0 Å². The summed E-state index contributed by atoms with van der Waals surface area (Å²) in [5.41, 5.74) is 5.47. The van der Waals surface area contributed by atoms with Crippen molar-refractivity contribution in [2.45, 2.75) is 32.2 Å². The molecule has 0 aromatic heterocycles. The predicted octanol–water partition coefficient (Wildman–Crippen LogP) is 4.81. The lowest BCUT2D eigenvalue weighted by molar-refractivity contribution is -0.117. The van der Waals surface area contributed by atoms with Gasteiger partial charge in [-0.2, -0.15) is 0 Å². The Hall–Kier alpha value is -4.13. The molecule has 4 rings (SSSR count). The van der Waals surface area contributed by atoms with E-state index in [0.717, 1.165) is 27.8 Å². The number of ether oxygens (including phenoxy) is 1. The molecule has 1 aliphatic rings. The fourth-order valence-electron chi connectivity index (χ4n) is 4.22. The third-order valence-electron chi connectivity index (χ3n) is 6.05. The third kappa shape index (κ3) is 4.64. The number of carboxylic acids is 1. The van der Waals surface area contributed by atoms with E-state index in [1.807, 2.05) is 43.3 Å². The van der Waals surface area contributed by atoms with Gasteiger partial charge in [-0.25, -0.2) is 9.59 Å². The molecule has 0 unspecified atom stereocenters. The van der Waals surface area contributed by atoms with E-state index in [2.05, 4.69) is 22.8 Å². The number of aryl methyl sites for hydroxylation is 1. The molecule has 7 heteroatoms. The van der Waals surface area contributed by atoms with E-state index < -0.39 is 24.0 Å². The fraction of sp³-hybridized carbons (Fsp3) is 0.222. The van der Waals surface area contributed by atoms with E-state index in [0.29, 0.717) is 6.42 Å². The molecule has 0 spiro atoms. The van der Waals surface area contributed by atoms with Crippen molar-refractivity contribution in [2.24, 2.45) is 0 Å². The molecule has 0 aliphatic heterocycles. The average Bonchev–Trinajstić information content (AvgIpc) is 3.16. The number of nitrogens with one attached hydrogen (secondary N) is 2. The van der Waals surface area contributed by atoms with Gasteiger partial charge >= 0.3 is 12.1 Å². The van der Waals surface area contributed by atoms with E-state index >= 15 is 0 Å². The van der Waals surface area contributed by atoms with Crippen LogP contribution < -0.4 is 10.6 Å². The number of fused-ring (bicyclic) bond motifs is 3. The van der Waals surface area contributed by atoms with Crippen molar-refractivity contribution in [1.29, 1.82) is 0 Å². The molecule has 1 atom stereocenters. The maximum atomic E-state index is 12.6. The van der Waals surface area contributed by atoms with Crippen LogP contribution in [-0.4, -0.2) is 35.7 Å². The second kappa shape index (κ2) is 9.79. The summed E-state index contributed by atoms with van der Waals surface area (Å²) in [7, 11) is 0. The maximum absolute atomic E-state index is 12.6. The van der Waals surface area contributed by atoms with E-state index in [-0.39, 0.29) is 23.8 Å². The van der Waals surface area contributed by atoms with Crippen LogP contribution >= 0.6 is 0 Å². The summed E-state index contributed by atoms with van der Waals surface area (Å²) in [6.45, 7) is 3.56. The molecule has 0 saturated heterocycles. The van der Waals surface area contributed by atoms with Crippen LogP contribution in [0.25, 0.3) is 11.1 Å². The first-order valence-electron chi connectivity index (χ1n) is 11.2. The summed E-state index contributed by atoms with van der Waals surface area (Å²) < 4.78 is 5.48. The molecule has 2 amide bonds. The Kier molecular flexibility index (Phi) is 6.63. The van der Waals surface area contributed by atoms with Crippen LogP contribution in [0.5, 0.6) is 0 Å². The Morgan fingerprint density at radius 2 is 1.59 bits per heavy atom. The summed E-state index contributed by atoms with van der Waals surface area (Å²) in [6.07, 6.45) is -0.0434. The Morgan fingerprint density at radius 1 is 0.971 bits per heavy atom. The highest BCUT2D eigenvalue weighted by Crippen LogP contribution is 2.44. The van der Waals surface area contributed by atoms with Gasteiger partial charge in [-0.3, -0.25) is 4.79 Å². The van der Waals surface area contributed by atoms with E-state index in [4.69, 9.17) is 4.74 Å². The molecule has 0 bridgehead atoms. The van der Waals surface area contributed by atoms with Crippen LogP contribution in [0.4, 0.5) is 10.5 Å². The number of alkyl carbamates (subject to hydrolysis) is 1. The number of benzene rings is 3.